The molecule has 1 aromatic carbocycles. The van der Waals surface area contributed by atoms with Gasteiger partial charge in [0.05, 0.1) is 12.0 Å². The lowest BCUT2D eigenvalue weighted by molar-refractivity contribution is -0.140. The second-order valence-electron chi connectivity index (χ2n) is 6.21. The molecule has 0 saturated carbocycles. The smallest absolute Gasteiger partial charge is 0.416 e. The van der Waals surface area contributed by atoms with Crippen LogP contribution in [0.5, 0.6) is 0 Å². The first-order chi connectivity index (χ1) is 11.2. The molecule has 0 spiro atoms. The zero-order valence-corrected chi connectivity index (χ0v) is 13.3. The first-order valence-corrected chi connectivity index (χ1v) is 7.87. The van der Waals surface area contributed by atoms with Crippen LogP contribution in [-0.4, -0.2) is 34.5 Å². The molecule has 0 bridgehead atoms. The average Bonchev–Trinajstić information content (AvgIpc) is 2.93. The summed E-state index contributed by atoms with van der Waals surface area (Å²) < 4.78 is 38.3. The summed E-state index contributed by atoms with van der Waals surface area (Å²) in [5.41, 5.74) is -0.281. The van der Waals surface area contributed by atoms with E-state index in [4.69, 9.17) is 5.11 Å². The lowest BCUT2D eigenvalue weighted by Crippen LogP contribution is -2.37. The van der Waals surface area contributed by atoms with Crippen LogP contribution in [0, 0.1) is 0 Å². The van der Waals surface area contributed by atoms with Crippen molar-refractivity contribution in [2.24, 2.45) is 0 Å². The molecule has 1 saturated heterocycles. The van der Waals surface area contributed by atoms with E-state index in [1.165, 1.54) is 6.07 Å². The summed E-state index contributed by atoms with van der Waals surface area (Å²) in [4.78, 5) is 24.8. The highest BCUT2D eigenvalue weighted by molar-refractivity contribution is 5.78. The number of hydrogen-bond acceptors (Lipinski definition) is 2. The molecule has 0 aromatic heterocycles. The van der Waals surface area contributed by atoms with Crippen molar-refractivity contribution in [1.82, 2.24) is 4.90 Å². The molecule has 2 rings (SSSR count). The number of aliphatic carboxylic acids is 1. The molecule has 1 aromatic rings. The second-order valence-corrected chi connectivity index (χ2v) is 6.21. The standard InChI is InChI=1S/C17H20F3NO3/c1-11(12-4-2-5-13(9-12)17(18,19)20)8-15(22)21-7-3-6-14(21)10-16(23)24/h2,4-5,9,11,14H,3,6-8,10H2,1H3,(H,23,24). The molecule has 24 heavy (non-hydrogen) atoms. The van der Waals surface area contributed by atoms with Crippen molar-refractivity contribution in [1.29, 1.82) is 0 Å². The quantitative estimate of drug-likeness (QED) is 0.887. The van der Waals surface area contributed by atoms with Gasteiger partial charge in [-0.25, -0.2) is 0 Å². The minimum absolute atomic E-state index is 0.0669. The van der Waals surface area contributed by atoms with Crippen molar-refractivity contribution in [2.75, 3.05) is 6.54 Å². The van der Waals surface area contributed by atoms with Crippen LogP contribution in [0.3, 0.4) is 0 Å². The van der Waals surface area contributed by atoms with Crippen LogP contribution in [0.1, 0.15) is 49.7 Å². The highest BCUT2D eigenvalue weighted by atomic mass is 19.4. The van der Waals surface area contributed by atoms with E-state index in [1.807, 2.05) is 0 Å². The van der Waals surface area contributed by atoms with Crippen molar-refractivity contribution in [2.45, 2.75) is 50.7 Å². The molecule has 1 heterocycles. The fraction of sp³-hybridized carbons (Fsp3) is 0.529. The SMILES string of the molecule is CC(CC(=O)N1CCCC1CC(=O)O)c1cccc(C(F)(F)F)c1. The van der Waals surface area contributed by atoms with Crippen LogP contribution < -0.4 is 0 Å². The number of carbonyl (C=O) groups excluding carboxylic acids is 1. The lowest BCUT2D eigenvalue weighted by Gasteiger charge is -2.25. The number of amides is 1. The molecule has 2 unspecified atom stereocenters. The van der Waals surface area contributed by atoms with Gasteiger partial charge in [0.15, 0.2) is 0 Å². The monoisotopic (exact) mass is 343 g/mol. The van der Waals surface area contributed by atoms with Crippen molar-refractivity contribution in [3.8, 4) is 0 Å². The molecule has 1 amide bonds. The maximum Gasteiger partial charge on any atom is 0.416 e. The Hall–Kier alpha value is -2.05. The average molecular weight is 343 g/mol. The lowest BCUT2D eigenvalue weighted by atomic mass is 9.95. The van der Waals surface area contributed by atoms with E-state index in [1.54, 1.807) is 17.9 Å². The largest absolute Gasteiger partial charge is 0.481 e. The number of hydrogen-bond donors (Lipinski definition) is 1. The van der Waals surface area contributed by atoms with Crippen LogP contribution in [0.15, 0.2) is 24.3 Å². The molecule has 7 heteroatoms. The predicted octanol–water partition coefficient (Wildman–Crippen LogP) is 3.66. The van der Waals surface area contributed by atoms with Gasteiger partial charge in [-0.3, -0.25) is 9.59 Å². The van der Waals surface area contributed by atoms with Crippen molar-refractivity contribution in [3.63, 3.8) is 0 Å². The summed E-state index contributed by atoms with van der Waals surface area (Å²) in [5.74, 6) is -1.53. The number of carbonyl (C=O) groups is 2. The van der Waals surface area contributed by atoms with Crippen molar-refractivity contribution in [3.05, 3.63) is 35.4 Å². The van der Waals surface area contributed by atoms with Gasteiger partial charge in [-0.15, -0.1) is 0 Å². The first-order valence-electron chi connectivity index (χ1n) is 7.87. The van der Waals surface area contributed by atoms with Gasteiger partial charge in [0.1, 0.15) is 0 Å². The van der Waals surface area contributed by atoms with Crippen LogP contribution in [-0.2, 0) is 15.8 Å². The topological polar surface area (TPSA) is 57.6 Å². The molecular weight excluding hydrogens is 323 g/mol. The summed E-state index contributed by atoms with van der Waals surface area (Å²) in [6.45, 7) is 2.21. The zero-order chi connectivity index (χ0) is 17.9. The normalized spacial score (nSPS) is 19.3. The Bertz CT molecular complexity index is 615. The van der Waals surface area contributed by atoms with Gasteiger partial charge >= 0.3 is 12.1 Å². The Morgan fingerprint density at radius 2 is 2.08 bits per heavy atom. The summed E-state index contributed by atoms with van der Waals surface area (Å²) in [5, 5.41) is 8.90. The van der Waals surface area contributed by atoms with Crippen LogP contribution in [0.25, 0.3) is 0 Å². The molecule has 1 fully saturated rings. The van der Waals surface area contributed by atoms with E-state index in [-0.39, 0.29) is 30.7 Å². The number of alkyl halides is 3. The minimum Gasteiger partial charge on any atom is -0.481 e. The minimum atomic E-state index is -4.42. The van der Waals surface area contributed by atoms with Gasteiger partial charge < -0.3 is 10.0 Å². The van der Waals surface area contributed by atoms with E-state index in [2.05, 4.69) is 0 Å². The van der Waals surface area contributed by atoms with Gasteiger partial charge in [0.2, 0.25) is 5.91 Å². The molecule has 4 nitrogen and oxygen atoms in total. The molecule has 2 atom stereocenters. The number of benzene rings is 1. The van der Waals surface area contributed by atoms with E-state index >= 15 is 0 Å². The van der Waals surface area contributed by atoms with Gasteiger partial charge in [0.25, 0.3) is 0 Å². The third-order valence-corrected chi connectivity index (χ3v) is 4.37. The number of carboxylic acids is 1. The van der Waals surface area contributed by atoms with E-state index in [0.717, 1.165) is 18.6 Å². The molecule has 0 aliphatic carbocycles. The maximum atomic E-state index is 12.8. The highest BCUT2D eigenvalue weighted by Crippen LogP contribution is 2.32. The van der Waals surface area contributed by atoms with Crippen molar-refractivity contribution < 1.29 is 27.9 Å². The maximum absolute atomic E-state index is 12.8. The van der Waals surface area contributed by atoms with Crippen molar-refractivity contribution >= 4 is 11.9 Å². The summed E-state index contributed by atoms with van der Waals surface area (Å²) in [6, 6.07) is 4.66. The summed E-state index contributed by atoms with van der Waals surface area (Å²) in [6.07, 6.45) is -3.04. The molecular formula is C17H20F3NO3. The Morgan fingerprint density at radius 3 is 2.71 bits per heavy atom. The summed E-state index contributed by atoms with van der Waals surface area (Å²) >= 11 is 0. The van der Waals surface area contributed by atoms with E-state index in [0.29, 0.717) is 18.5 Å². The number of halogens is 3. The van der Waals surface area contributed by atoms with Crippen LogP contribution in [0.2, 0.25) is 0 Å². The number of nitrogens with zero attached hydrogens (tertiary/aromatic N) is 1. The van der Waals surface area contributed by atoms with E-state index < -0.39 is 17.7 Å². The fourth-order valence-electron chi connectivity index (χ4n) is 3.10. The third-order valence-electron chi connectivity index (χ3n) is 4.37. The molecule has 0 radical (unpaired) electrons. The second kappa shape index (κ2) is 7.23. The zero-order valence-electron chi connectivity index (χ0n) is 13.3. The highest BCUT2D eigenvalue weighted by Gasteiger charge is 2.32. The van der Waals surface area contributed by atoms with Gasteiger partial charge in [-0.1, -0.05) is 25.1 Å². The Kier molecular flexibility index (Phi) is 5.51. The predicted molar refractivity (Wildman–Crippen MR) is 81.5 cm³/mol. The fourth-order valence-corrected chi connectivity index (χ4v) is 3.10. The number of carboxylic acid groups (broad SMARTS) is 1. The third kappa shape index (κ3) is 4.49. The molecule has 1 N–H and O–H groups in total. The van der Waals surface area contributed by atoms with E-state index in [9.17, 15) is 22.8 Å². The van der Waals surface area contributed by atoms with Gasteiger partial charge in [0, 0.05) is 19.0 Å². The molecule has 1 aliphatic heterocycles. The Labute approximate surface area is 138 Å². The first kappa shape index (κ1) is 18.3. The number of rotatable bonds is 5. The summed E-state index contributed by atoms with van der Waals surface area (Å²) in [7, 11) is 0. The van der Waals surface area contributed by atoms with Crippen LogP contribution >= 0.6 is 0 Å². The number of likely N-dealkylation sites (tertiary alicyclic amines) is 1. The Morgan fingerprint density at radius 1 is 1.38 bits per heavy atom. The van der Waals surface area contributed by atoms with Crippen LogP contribution in [0.4, 0.5) is 13.2 Å². The molecule has 1 aliphatic rings. The Balaban J connectivity index is 2.05. The van der Waals surface area contributed by atoms with Gasteiger partial charge in [-0.2, -0.15) is 13.2 Å². The van der Waals surface area contributed by atoms with Gasteiger partial charge in [-0.05, 0) is 30.4 Å². The molecule has 132 valence electrons.